The highest BCUT2D eigenvalue weighted by molar-refractivity contribution is 6.46. The van der Waals surface area contributed by atoms with Crippen molar-refractivity contribution in [3.05, 3.63) is 156 Å². The van der Waals surface area contributed by atoms with Gasteiger partial charge >= 0.3 is 28.5 Å². The van der Waals surface area contributed by atoms with Gasteiger partial charge in [-0.3, -0.25) is 38.4 Å². The van der Waals surface area contributed by atoms with Crippen LogP contribution in [0.25, 0.3) is 0 Å². The highest BCUT2D eigenvalue weighted by Gasteiger charge is 2.36. The van der Waals surface area contributed by atoms with Gasteiger partial charge in [0.2, 0.25) is 23.6 Å². The molecule has 8 atom stereocenters. The van der Waals surface area contributed by atoms with Crippen molar-refractivity contribution in [2.75, 3.05) is 11.5 Å². The number of nitrogen functional groups attached to an aromatic ring is 2. The zero-order chi connectivity index (χ0) is 67.3. The van der Waals surface area contributed by atoms with Gasteiger partial charge in [0.05, 0.1) is 79.6 Å². The van der Waals surface area contributed by atoms with Gasteiger partial charge in [0.15, 0.2) is 0 Å². The van der Waals surface area contributed by atoms with E-state index >= 15 is 0 Å². The number of phenolic OH excluding ortho intramolecular Hbond substituents is 2. The Hall–Kier alpha value is -8.60. The first kappa shape index (κ1) is 74.1. The van der Waals surface area contributed by atoms with Crippen LogP contribution < -0.4 is 32.7 Å². The minimum atomic E-state index is -1.19. The van der Waals surface area contributed by atoms with Gasteiger partial charge in [-0.1, -0.05) is 85.0 Å². The molecule has 0 unspecified atom stereocenters. The Bertz CT molecular complexity index is 3020. The molecule has 4 aliphatic heterocycles. The first-order chi connectivity index (χ1) is 43.8. The van der Waals surface area contributed by atoms with Crippen LogP contribution in [0.3, 0.4) is 0 Å². The molecule has 0 bridgehead atoms. The van der Waals surface area contributed by atoms with E-state index in [2.05, 4.69) is 31.2 Å². The maximum absolute atomic E-state index is 12.1. The third-order valence-corrected chi connectivity index (χ3v) is 13.9. The molecule has 14 N–H and O–H groups in total. The van der Waals surface area contributed by atoms with Crippen molar-refractivity contribution >= 4 is 86.9 Å². The Morgan fingerprint density at radius 1 is 0.467 bits per heavy atom. The number of carbonyl (C=O) groups is 8. The number of para-hydroxylation sites is 1. The lowest BCUT2D eigenvalue weighted by Gasteiger charge is -2.20. The van der Waals surface area contributed by atoms with Crippen LogP contribution in [-0.2, 0) is 82.7 Å². The van der Waals surface area contributed by atoms with Gasteiger partial charge in [0, 0.05) is 37.4 Å². The number of hydrogen-bond acceptors (Lipinski definition) is 22. The number of nitrogens with two attached hydrogens (primary N) is 2. The zero-order valence-electron chi connectivity index (χ0n) is 51.7. The third kappa shape index (κ3) is 28.3. The molecule has 92 heavy (non-hydrogen) atoms. The number of nitrogens with one attached hydrogen (secondary N) is 4. The van der Waals surface area contributed by atoms with Crippen LogP contribution in [-0.4, -0.2) is 164 Å². The van der Waals surface area contributed by atoms with E-state index in [9.17, 15) is 68.7 Å². The van der Waals surface area contributed by atoms with Gasteiger partial charge in [0.1, 0.15) is 46.3 Å². The molecule has 0 saturated carbocycles. The molecular formula is C62H80B4N8O18. The Kier molecular flexibility index (Phi) is 30.9. The van der Waals surface area contributed by atoms with E-state index < -0.39 is 76.7 Å². The standard InChI is InChI=1S/2C16H20BNO5.2C15H20BN3O4/c1-11(19)8-14-6-3-7-15(17(22)23-14)18-16(21)10-12-4-2-5-13(20)9-12;1-11(19)9-13-6-4-8-15(17(22)23-13)18-16(21)10-12-5-2-3-7-14(12)20;1-10(20)8-12-5-3-6-13(16(22)23-12)19-15(21)9-11-4-2-7-14(17)18-11;1-10(20)7-12-3-2-4-13(16(22)23-12)19-15(21)9-11-5-6-18-14(17)8-11/h2-6,9,14-15,20,22H,7-8,10H2,1H3,(H,18,21);2-7,13,15,20,22H,8-10H2,1H3,(H,18,21);2-5,7,12-13,22H,6,8-9H2,1H3,(H2,17,18)(H,19,21);2-3,5-6,8,12-13,22H,4,7,9H2,1H3,(H2,17,18)(H,19,21)/t14-,15+;13-,15+;2*12-,13+/m1111/s1. The van der Waals surface area contributed by atoms with Crippen LogP contribution in [0.15, 0.2) is 134 Å². The number of anilines is 2. The predicted molar refractivity (Wildman–Crippen MR) is 344 cm³/mol. The van der Waals surface area contributed by atoms with Gasteiger partial charge in [-0.25, -0.2) is 9.97 Å². The number of pyridine rings is 2. The summed E-state index contributed by atoms with van der Waals surface area (Å²) < 4.78 is 21.6. The summed E-state index contributed by atoms with van der Waals surface area (Å²) in [4.78, 5) is 101. The van der Waals surface area contributed by atoms with Gasteiger partial charge in [-0.05, 0) is 107 Å². The van der Waals surface area contributed by atoms with Crippen molar-refractivity contribution in [2.45, 2.75) is 153 Å². The lowest BCUT2D eigenvalue weighted by molar-refractivity contribution is -0.121. The maximum atomic E-state index is 12.1. The summed E-state index contributed by atoms with van der Waals surface area (Å²) in [5, 5.41) is 70.2. The molecule has 26 nitrogen and oxygen atoms in total. The molecule has 4 aliphatic rings. The van der Waals surface area contributed by atoms with E-state index in [-0.39, 0.29) is 110 Å². The van der Waals surface area contributed by atoms with Crippen molar-refractivity contribution in [3.63, 3.8) is 0 Å². The number of benzene rings is 2. The Balaban J connectivity index is 0.000000223. The van der Waals surface area contributed by atoms with Crippen LogP contribution in [0.1, 0.15) is 101 Å². The topological polar surface area (TPSA) is 421 Å². The predicted octanol–water partition coefficient (Wildman–Crippen LogP) is 1.60. The number of hydrogen-bond donors (Lipinski definition) is 12. The molecule has 4 aromatic rings. The molecular weight excluding hydrogens is 1190 g/mol. The minimum absolute atomic E-state index is 0.0104. The molecule has 6 heterocycles. The summed E-state index contributed by atoms with van der Waals surface area (Å²) in [6.07, 6.45) is 16.5. The number of phenols is 2. The molecule has 0 fully saturated rings. The number of rotatable bonds is 20. The number of nitrogens with zero attached hydrogens (tertiary/aromatic N) is 2. The summed E-state index contributed by atoms with van der Waals surface area (Å²) in [7, 11) is -4.71. The van der Waals surface area contributed by atoms with E-state index in [4.69, 9.17) is 30.1 Å². The average molecular weight is 1270 g/mol. The number of ketones is 4. The molecule has 0 saturated heterocycles. The molecule has 8 rings (SSSR count). The van der Waals surface area contributed by atoms with Gasteiger partial charge in [0.25, 0.3) is 0 Å². The van der Waals surface area contributed by atoms with Crippen LogP contribution >= 0.6 is 0 Å². The number of aromatic hydroxyl groups is 2. The van der Waals surface area contributed by atoms with Crippen LogP contribution in [0, 0.1) is 0 Å². The molecule has 488 valence electrons. The largest absolute Gasteiger partial charge is 0.508 e. The smallest absolute Gasteiger partial charge is 0.478 e. The summed E-state index contributed by atoms with van der Waals surface area (Å²) >= 11 is 0. The normalized spacial score (nSPS) is 20.9. The quantitative estimate of drug-likeness (QED) is 0.0441. The lowest BCUT2D eigenvalue weighted by Crippen LogP contribution is -2.48. The second kappa shape index (κ2) is 38.3. The maximum Gasteiger partial charge on any atom is 0.478 e. The fraction of sp³-hybridized carbons (Fsp3) is 0.387. The van der Waals surface area contributed by atoms with Crippen molar-refractivity contribution in [3.8, 4) is 11.5 Å². The molecule has 30 heteroatoms. The van der Waals surface area contributed by atoms with Crippen molar-refractivity contribution in [1.29, 1.82) is 0 Å². The molecule has 0 radical (unpaired) electrons. The summed E-state index contributed by atoms with van der Waals surface area (Å²) in [5.41, 5.74) is 13.6. The van der Waals surface area contributed by atoms with Crippen LogP contribution in [0.4, 0.5) is 11.6 Å². The number of aromatic nitrogens is 2. The first-order valence-corrected chi connectivity index (χ1v) is 29.9. The van der Waals surface area contributed by atoms with E-state index in [1.807, 2.05) is 0 Å². The van der Waals surface area contributed by atoms with Crippen molar-refractivity contribution in [1.82, 2.24) is 31.2 Å². The van der Waals surface area contributed by atoms with Gasteiger partial charge in [-0.2, -0.15) is 0 Å². The summed E-state index contributed by atoms with van der Waals surface area (Å²) in [6.45, 7) is 5.85. The highest BCUT2D eigenvalue weighted by Crippen LogP contribution is 2.20. The fourth-order valence-corrected chi connectivity index (χ4v) is 9.64. The molecule has 2 aromatic carbocycles. The van der Waals surface area contributed by atoms with Crippen molar-refractivity contribution < 1.29 is 87.3 Å². The molecule has 2 aromatic heterocycles. The second-order valence-electron chi connectivity index (χ2n) is 22.4. The molecule has 0 spiro atoms. The number of carbonyl (C=O) groups excluding carboxylic acids is 8. The fourth-order valence-electron chi connectivity index (χ4n) is 9.64. The van der Waals surface area contributed by atoms with Crippen LogP contribution in [0.2, 0.25) is 0 Å². The third-order valence-electron chi connectivity index (χ3n) is 13.9. The Morgan fingerprint density at radius 2 is 0.848 bits per heavy atom. The van der Waals surface area contributed by atoms with Crippen LogP contribution in [0.5, 0.6) is 11.5 Å². The van der Waals surface area contributed by atoms with E-state index in [1.54, 1.807) is 109 Å². The summed E-state index contributed by atoms with van der Waals surface area (Å²) in [5.74, 6) is -2.69. The lowest BCUT2D eigenvalue weighted by atomic mass is 9.77. The first-order valence-electron chi connectivity index (χ1n) is 29.9. The van der Waals surface area contributed by atoms with E-state index in [0.29, 0.717) is 54.1 Å². The average Bonchev–Trinajstić information content (AvgIpc) is 4.16. The number of Topliss-reactive ketones (excluding diaryl/α,β-unsaturated/α-hetero) is 4. The Labute approximate surface area is 535 Å². The van der Waals surface area contributed by atoms with E-state index in [0.717, 1.165) is 5.56 Å². The zero-order valence-corrected chi connectivity index (χ0v) is 51.7. The number of amides is 4. The minimum Gasteiger partial charge on any atom is -0.508 e. The monoisotopic (exact) mass is 1270 g/mol. The Morgan fingerprint density at radius 3 is 1.23 bits per heavy atom. The molecule has 0 aliphatic carbocycles. The highest BCUT2D eigenvalue weighted by atomic mass is 16.5. The second-order valence-corrected chi connectivity index (χ2v) is 22.4. The van der Waals surface area contributed by atoms with Gasteiger partial charge in [-0.15, -0.1) is 0 Å². The molecule has 4 amide bonds. The summed E-state index contributed by atoms with van der Waals surface area (Å²) in [6, 6.07) is 21.5. The van der Waals surface area contributed by atoms with Gasteiger partial charge < -0.3 is 81.7 Å². The SMILES string of the molecule is CC(=O)C[C@H]1C=CC[C@H](NC(=O)Cc2cccc(N)n2)B(O)O1.CC(=O)C[C@H]1C=CC[C@H](NC(=O)Cc2cccc(O)c2)B(O)O1.CC(=O)C[C@H]1C=CC[C@H](NC(=O)Cc2ccccc2O)B(O)O1.CC(=O)C[C@H]1C=CC[C@H](NC(=O)Cc2ccnc(N)c2)B(O)O1. The van der Waals surface area contributed by atoms with E-state index in [1.165, 1.54) is 52.1 Å². The van der Waals surface area contributed by atoms with Crippen molar-refractivity contribution in [2.24, 2.45) is 0 Å².